The van der Waals surface area contributed by atoms with Gasteiger partial charge in [-0.05, 0) is 30.5 Å². The van der Waals surface area contributed by atoms with Crippen LogP contribution in [-0.4, -0.2) is 17.7 Å². The van der Waals surface area contributed by atoms with Gasteiger partial charge in [-0.15, -0.1) is 0 Å². The van der Waals surface area contributed by atoms with Crippen LogP contribution < -0.4 is 0 Å². The molecule has 17 heavy (non-hydrogen) atoms. The molecule has 1 aromatic rings. The van der Waals surface area contributed by atoms with Crippen molar-refractivity contribution in [3.63, 3.8) is 0 Å². The number of hydrogen-bond acceptors (Lipinski definition) is 4. The van der Waals surface area contributed by atoms with E-state index in [2.05, 4.69) is 0 Å². The van der Waals surface area contributed by atoms with Crippen molar-refractivity contribution < 1.29 is 14.6 Å². The van der Waals surface area contributed by atoms with E-state index in [1.54, 1.807) is 19.1 Å². The molecule has 4 heteroatoms. The first-order valence-electron chi connectivity index (χ1n) is 5.52. The van der Waals surface area contributed by atoms with Crippen molar-refractivity contribution in [3.05, 3.63) is 34.4 Å². The molecule has 0 unspecified atom stereocenters. The first kappa shape index (κ1) is 13.2. The van der Waals surface area contributed by atoms with Gasteiger partial charge in [0.2, 0.25) is 0 Å². The largest absolute Gasteiger partial charge is 0.462 e. The summed E-state index contributed by atoms with van der Waals surface area (Å²) in [6.07, 6.45) is 0.547. The van der Waals surface area contributed by atoms with Crippen LogP contribution in [0, 0.1) is 11.3 Å². The third-order valence-corrected chi connectivity index (χ3v) is 2.53. The molecule has 0 amide bonds. The molecule has 0 saturated heterocycles. The second-order valence-corrected chi connectivity index (χ2v) is 3.47. The maximum Gasteiger partial charge on any atom is 0.338 e. The van der Waals surface area contributed by atoms with E-state index < -0.39 is 5.97 Å². The Morgan fingerprint density at radius 2 is 2.18 bits per heavy atom. The van der Waals surface area contributed by atoms with Gasteiger partial charge < -0.3 is 9.84 Å². The van der Waals surface area contributed by atoms with Crippen molar-refractivity contribution in [1.29, 1.82) is 5.26 Å². The Balaban J connectivity index is 3.34. The van der Waals surface area contributed by atoms with Gasteiger partial charge in [-0.2, -0.15) is 5.26 Å². The summed E-state index contributed by atoms with van der Waals surface area (Å²) in [7, 11) is 0. The van der Waals surface area contributed by atoms with E-state index in [0.29, 0.717) is 35.3 Å². The third kappa shape index (κ3) is 2.63. The molecule has 0 aliphatic heterocycles. The molecule has 0 fully saturated rings. The fourth-order valence-electron chi connectivity index (χ4n) is 1.73. The summed E-state index contributed by atoms with van der Waals surface area (Å²) in [4.78, 5) is 11.7. The van der Waals surface area contributed by atoms with E-state index in [0.717, 1.165) is 0 Å². The second-order valence-electron chi connectivity index (χ2n) is 3.47. The highest BCUT2D eigenvalue weighted by Gasteiger charge is 2.17. The van der Waals surface area contributed by atoms with Gasteiger partial charge in [0.1, 0.15) is 0 Å². The van der Waals surface area contributed by atoms with E-state index in [1.807, 2.05) is 13.0 Å². The van der Waals surface area contributed by atoms with E-state index in [4.69, 9.17) is 15.1 Å². The zero-order valence-electron chi connectivity index (χ0n) is 9.99. The van der Waals surface area contributed by atoms with E-state index in [1.165, 1.54) is 0 Å². The topological polar surface area (TPSA) is 70.3 Å². The van der Waals surface area contributed by atoms with Crippen molar-refractivity contribution in [2.24, 2.45) is 0 Å². The quantitative estimate of drug-likeness (QED) is 0.805. The summed E-state index contributed by atoms with van der Waals surface area (Å²) >= 11 is 0. The average Bonchev–Trinajstić information content (AvgIpc) is 2.36. The number of ether oxygens (including phenoxy) is 1. The molecule has 1 rings (SSSR count). The van der Waals surface area contributed by atoms with Crippen LogP contribution in [0.2, 0.25) is 0 Å². The number of benzene rings is 1. The molecule has 1 aromatic carbocycles. The Morgan fingerprint density at radius 1 is 1.47 bits per heavy atom. The molecular weight excluding hydrogens is 218 g/mol. The smallest absolute Gasteiger partial charge is 0.338 e. The predicted molar refractivity (Wildman–Crippen MR) is 62.4 cm³/mol. The zero-order valence-corrected chi connectivity index (χ0v) is 9.99. The van der Waals surface area contributed by atoms with Gasteiger partial charge in [0, 0.05) is 0 Å². The monoisotopic (exact) mass is 233 g/mol. The van der Waals surface area contributed by atoms with Crippen LogP contribution in [0.4, 0.5) is 0 Å². The molecule has 0 aromatic heterocycles. The molecule has 0 saturated carbocycles. The van der Waals surface area contributed by atoms with Gasteiger partial charge in [0.25, 0.3) is 0 Å². The molecule has 0 bridgehead atoms. The fraction of sp³-hybridized carbons (Fsp3) is 0.385. The van der Waals surface area contributed by atoms with Crippen LogP contribution >= 0.6 is 0 Å². The molecule has 0 atom stereocenters. The molecule has 4 nitrogen and oxygen atoms in total. The number of aliphatic hydroxyl groups is 1. The Hall–Kier alpha value is -1.86. The van der Waals surface area contributed by atoms with Gasteiger partial charge in [-0.25, -0.2) is 4.79 Å². The van der Waals surface area contributed by atoms with Crippen LogP contribution in [0.1, 0.15) is 40.9 Å². The number of nitrogens with zero attached hydrogens (tertiary/aromatic N) is 1. The standard InChI is InChI=1S/C13H15NO3/c1-3-10-11(13(16)17-4-2)6-5-9(8-15)12(10)7-14/h5-6,15H,3-4,8H2,1-2H3. The highest BCUT2D eigenvalue weighted by Crippen LogP contribution is 2.20. The number of carbonyl (C=O) groups is 1. The molecule has 0 spiro atoms. The summed E-state index contributed by atoms with van der Waals surface area (Å²) in [6.45, 7) is 3.68. The SMILES string of the molecule is CCOC(=O)c1ccc(CO)c(C#N)c1CC. The number of esters is 1. The summed E-state index contributed by atoms with van der Waals surface area (Å²) in [6, 6.07) is 5.22. The van der Waals surface area contributed by atoms with Crippen molar-refractivity contribution in [3.8, 4) is 6.07 Å². The number of hydrogen-bond donors (Lipinski definition) is 1. The number of carbonyl (C=O) groups excluding carboxylic acids is 1. The summed E-state index contributed by atoms with van der Waals surface area (Å²) < 4.78 is 4.93. The van der Waals surface area contributed by atoms with Crippen LogP contribution in [0.3, 0.4) is 0 Å². The van der Waals surface area contributed by atoms with E-state index in [-0.39, 0.29) is 6.61 Å². The Labute approximate surface area is 100 Å². The summed E-state index contributed by atoms with van der Waals surface area (Å²) in [5, 5.41) is 18.2. The van der Waals surface area contributed by atoms with E-state index >= 15 is 0 Å². The highest BCUT2D eigenvalue weighted by atomic mass is 16.5. The zero-order chi connectivity index (χ0) is 12.8. The molecule has 1 N–H and O–H groups in total. The van der Waals surface area contributed by atoms with Gasteiger partial charge >= 0.3 is 5.97 Å². The Kier molecular flexibility index (Phi) is 4.68. The lowest BCUT2D eigenvalue weighted by Crippen LogP contribution is -2.10. The van der Waals surface area contributed by atoms with Crippen molar-refractivity contribution >= 4 is 5.97 Å². The fourth-order valence-corrected chi connectivity index (χ4v) is 1.73. The third-order valence-electron chi connectivity index (χ3n) is 2.53. The summed E-state index contributed by atoms with van der Waals surface area (Å²) in [5.74, 6) is -0.426. The minimum absolute atomic E-state index is 0.209. The Bertz CT molecular complexity index is 460. The lowest BCUT2D eigenvalue weighted by molar-refractivity contribution is 0.0525. The molecule has 0 radical (unpaired) electrons. The average molecular weight is 233 g/mol. The van der Waals surface area contributed by atoms with Crippen LogP contribution in [0.25, 0.3) is 0 Å². The molecule has 0 aliphatic rings. The molecular formula is C13H15NO3. The van der Waals surface area contributed by atoms with Gasteiger partial charge in [0.15, 0.2) is 0 Å². The van der Waals surface area contributed by atoms with Crippen molar-refractivity contribution in [1.82, 2.24) is 0 Å². The van der Waals surface area contributed by atoms with Crippen LogP contribution in [0.15, 0.2) is 12.1 Å². The van der Waals surface area contributed by atoms with Crippen LogP contribution in [0.5, 0.6) is 0 Å². The minimum atomic E-state index is -0.426. The normalized spacial score (nSPS) is 9.76. The van der Waals surface area contributed by atoms with Crippen molar-refractivity contribution in [2.45, 2.75) is 26.9 Å². The molecule has 0 heterocycles. The second kappa shape index (κ2) is 6.02. The number of aliphatic hydroxyl groups excluding tert-OH is 1. The summed E-state index contributed by atoms with van der Waals surface area (Å²) in [5.41, 5.74) is 1.96. The number of rotatable bonds is 4. The lowest BCUT2D eigenvalue weighted by atomic mass is 9.95. The molecule has 90 valence electrons. The molecule has 0 aliphatic carbocycles. The first-order chi connectivity index (χ1) is 8.19. The minimum Gasteiger partial charge on any atom is -0.462 e. The van der Waals surface area contributed by atoms with Crippen LogP contribution in [-0.2, 0) is 17.8 Å². The first-order valence-corrected chi connectivity index (χ1v) is 5.52. The van der Waals surface area contributed by atoms with E-state index in [9.17, 15) is 4.79 Å². The highest BCUT2D eigenvalue weighted by molar-refractivity contribution is 5.92. The Morgan fingerprint density at radius 3 is 2.65 bits per heavy atom. The van der Waals surface area contributed by atoms with Gasteiger partial charge in [0.05, 0.1) is 30.4 Å². The van der Waals surface area contributed by atoms with Gasteiger partial charge in [-0.1, -0.05) is 13.0 Å². The van der Waals surface area contributed by atoms with Crippen molar-refractivity contribution in [2.75, 3.05) is 6.61 Å². The lowest BCUT2D eigenvalue weighted by Gasteiger charge is -2.11. The predicted octanol–water partition coefficient (Wildman–Crippen LogP) is 1.79. The maximum atomic E-state index is 11.7. The maximum absolute atomic E-state index is 11.7. The van der Waals surface area contributed by atoms with Gasteiger partial charge in [-0.3, -0.25) is 0 Å². The number of nitriles is 1.